The van der Waals surface area contributed by atoms with Crippen LogP contribution in [0.2, 0.25) is 0 Å². The second-order valence-electron chi connectivity index (χ2n) is 11.2. The van der Waals surface area contributed by atoms with Gasteiger partial charge in [-0.05, 0) is 73.7 Å². The number of nitrogens with zero attached hydrogens (tertiary/aromatic N) is 4. The van der Waals surface area contributed by atoms with E-state index >= 15 is 0 Å². The number of aryl methyl sites for hydroxylation is 1. The highest BCUT2D eigenvalue weighted by atomic mass is 19.1. The van der Waals surface area contributed by atoms with Gasteiger partial charge in [0, 0.05) is 58.0 Å². The average molecular weight is 560 g/mol. The van der Waals surface area contributed by atoms with Crippen molar-refractivity contribution in [2.24, 2.45) is 5.92 Å². The first kappa shape index (κ1) is 26.0. The van der Waals surface area contributed by atoms with Gasteiger partial charge >= 0.3 is 0 Å². The van der Waals surface area contributed by atoms with E-state index in [1.807, 2.05) is 37.3 Å². The maximum absolute atomic E-state index is 14.2. The molecule has 6 aromatic rings. The van der Waals surface area contributed by atoms with Crippen LogP contribution in [-0.4, -0.2) is 36.0 Å². The molecular weight excluding hydrogens is 529 g/mol. The number of fused-ring (bicyclic) bond motifs is 2. The summed E-state index contributed by atoms with van der Waals surface area (Å²) >= 11 is 0. The Morgan fingerprint density at radius 3 is 2.64 bits per heavy atom. The number of anilines is 1. The molecule has 7 rings (SSSR count). The van der Waals surface area contributed by atoms with Gasteiger partial charge in [-0.1, -0.05) is 19.3 Å². The van der Waals surface area contributed by atoms with Crippen molar-refractivity contribution in [3.63, 3.8) is 0 Å². The van der Waals surface area contributed by atoms with Crippen molar-refractivity contribution in [1.29, 1.82) is 0 Å². The van der Waals surface area contributed by atoms with Gasteiger partial charge < -0.3 is 10.3 Å². The molecule has 8 nitrogen and oxygen atoms in total. The molecule has 1 fully saturated rings. The number of H-pyrrole nitrogens is 2. The molecule has 42 heavy (non-hydrogen) atoms. The second-order valence-corrected chi connectivity index (χ2v) is 11.2. The van der Waals surface area contributed by atoms with Crippen LogP contribution in [0, 0.1) is 18.7 Å². The van der Waals surface area contributed by atoms with E-state index in [0.29, 0.717) is 35.1 Å². The van der Waals surface area contributed by atoms with E-state index < -0.39 is 0 Å². The molecule has 1 aliphatic carbocycles. The molecule has 1 saturated carbocycles. The summed E-state index contributed by atoms with van der Waals surface area (Å²) in [6.45, 7) is 1.87. The largest absolute Gasteiger partial charge is 0.353 e. The third-order valence-corrected chi connectivity index (χ3v) is 8.09. The van der Waals surface area contributed by atoms with Crippen molar-refractivity contribution in [3.05, 3.63) is 78.6 Å². The van der Waals surface area contributed by atoms with Gasteiger partial charge in [-0.3, -0.25) is 19.9 Å². The molecule has 0 spiro atoms. The Morgan fingerprint density at radius 2 is 1.79 bits per heavy atom. The zero-order valence-electron chi connectivity index (χ0n) is 23.2. The first-order valence-electron chi connectivity index (χ1n) is 14.4. The molecule has 1 aromatic carbocycles. The van der Waals surface area contributed by atoms with Gasteiger partial charge in [-0.2, -0.15) is 5.10 Å². The van der Waals surface area contributed by atoms with Crippen LogP contribution >= 0.6 is 0 Å². The minimum absolute atomic E-state index is 0.0348. The molecule has 1 aliphatic rings. The Kier molecular flexibility index (Phi) is 6.70. The number of carbonyl (C=O) groups excluding carboxylic acids is 1. The van der Waals surface area contributed by atoms with Crippen molar-refractivity contribution >= 4 is 33.5 Å². The van der Waals surface area contributed by atoms with Crippen LogP contribution in [0.25, 0.3) is 55.7 Å². The third-order valence-electron chi connectivity index (χ3n) is 8.09. The van der Waals surface area contributed by atoms with Crippen LogP contribution in [0.3, 0.4) is 0 Å². The number of nitrogens with one attached hydrogen (secondary N) is 3. The maximum atomic E-state index is 14.2. The summed E-state index contributed by atoms with van der Waals surface area (Å²) in [6, 6.07) is 12.8. The second kappa shape index (κ2) is 10.8. The van der Waals surface area contributed by atoms with Crippen LogP contribution in [0.1, 0.15) is 44.1 Å². The Labute approximate surface area is 241 Å². The highest BCUT2D eigenvalue weighted by Crippen LogP contribution is 2.34. The number of aromatic amines is 2. The minimum atomic E-state index is -0.293. The lowest BCUT2D eigenvalue weighted by molar-refractivity contribution is -0.117. The Balaban J connectivity index is 1.20. The van der Waals surface area contributed by atoms with Crippen LogP contribution in [0.15, 0.2) is 67.3 Å². The van der Waals surface area contributed by atoms with E-state index in [1.54, 1.807) is 24.8 Å². The van der Waals surface area contributed by atoms with Crippen molar-refractivity contribution in [2.45, 2.75) is 45.4 Å². The number of amides is 1. The van der Waals surface area contributed by atoms with E-state index in [0.717, 1.165) is 57.1 Å². The molecule has 9 heteroatoms. The third kappa shape index (κ3) is 5.13. The molecule has 210 valence electrons. The Hall–Kier alpha value is -4.92. The number of aromatic nitrogens is 6. The Morgan fingerprint density at radius 1 is 0.929 bits per heavy atom. The SMILES string of the molecule is Cc1cc(F)cc(-c2nccc3[nH]c(-c4n[nH]c5ncc(-c6cncc(NC(=O)CC7CCCCC7)c6)cc45)cc23)c1. The average Bonchev–Trinajstić information content (AvgIpc) is 3.61. The summed E-state index contributed by atoms with van der Waals surface area (Å²) in [4.78, 5) is 29.7. The number of hydrogen-bond donors (Lipinski definition) is 3. The van der Waals surface area contributed by atoms with Gasteiger partial charge in [-0.25, -0.2) is 9.37 Å². The quantitative estimate of drug-likeness (QED) is 0.195. The highest BCUT2D eigenvalue weighted by Gasteiger charge is 2.18. The van der Waals surface area contributed by atoms with Crippen LogP contribution in [0.5, 0.6) is 0 Å². The molecular formula is C33H30FN7O. The predicted molar refractivity (Wildman–Crippen MR) is 162 cm³/mol. The number of rotatable bonds is 6. The van der Waals surface area contributed by atoms with Crippen molar-refractivity contribution < 1.29 is 9.18 Å². The molecule has 0 aliphatic heterocycles. The number of hydrogen-bond acceptors (Lipinski definition) is 5. The van der Waals surface area contributed by atoms with Gasteiger partial charge in [0.05, 0.1) is 23.3 Å². The first-order chi connectivity index (χ1) is 20.5. The molecule has 5 heterocycles. The Bertz CT molecular complexity index is 1920. The van der Waals surface area contributed by atoms with Gasteiger partial charge in [-0.15, -0.1) is 0 Å². The monoisotopic (exact) mass is 559 g/mol. The topological polar surface area (TPSA) is 112 Å². The lowest BCUT2D eigenvalue weighted by Gasteiger charge is -2.20. The smallest absolute Gasteiger partial charge is 0.224 e. The van der Waals surface area contributed by atoms with Crippen molar-refractivity contribution in [3.8, 4) is 33.8 Å². The van der Waals surface area contributed by atoms with Gasteiger partial charge in [0.1, 0.15) is 11.5 Å². The zero-order chi connectivity index (χ0) is 28.6. The molecule has 0 bridgehead atoms. The zero-order valence-corrected chi connectivity index (χ0v) is 23.2. The summed E-state index contributed by atoms with van der Waals surface area (Å²) < 4.78 is 14.2. The summed E-state index contributed by atoms with van der Waals surface area (Å²) in [7, 11) is 0. The molecule has 1 amide bonds. The van der Waals surface area contributed by atoms with Gasteiger partial charge in [0.2, 0.25) is 5.91 Å². The fraction of sp³-hybridized carbons (Fsp3) is 0.242. The normalized spacial score (nSPS) is 14.0. The lowest BCUT2D eigenvalue weighted by atomic mass is 9.87. The van der Waals surface area contributed by atoms with E-state index in [4.69, 9.17) is 0 Å². The number of halogens is 1. The van der Waals surface area contributed by atoms with E-state index in [1.165, 1.54) is 31.4 Å². The molecule has 0 radical (unpaired) electrons. The number of benzene rings is 1. The van der Waals surface area contributed by atoms with Crippen molar-refractivity contribution in [2.75, 3.05) is 5.32 Å². The number of pyridine rings is 3. The summed E-state index contributed by atoms with van der Waals surface area (Å²) in [5.74, 6) is 0.210. The first-order valence-corrected chi connectivity index (χ1v) is 14.4. The fourth-order valence-electron chi connectivity index (χ4n) is 6.08. The fourth-order valence-corrected chi connectivity index (χ4v) is 6.08. The van der Waals surface area contributed by atoms with Crippen LogP contribution in [0.4, 0.5) is 10.1 Å². The van der Waals surface area contributed by atoms with E-state index in [2.05, 4.69) is 35.5 Å². The summed E-state index contributed by atoms with van der Waals surface area (Å²) in [5, 5.41) is 12.3. The summed E-state index contributed by atoms with van der Waals surface area (Å²) in [5.41, 5.74) is 7.65. The standard InChI is InChI=1S/C33H30FN7O/c1-19-9-21(12-24(34)10-19)31-26-15-29(39-28(26)7-8-36-31)32-27-14-23(17-37-33(27)41-40-32)22-13-25(18-35-16-22)38-30(42)11-20-5-3-2-4-6-20/h7-10,12-18,20,39H,2-6,11H2,1H3,(H,38,42)(H,37,40,41). The van der Waals surface area contributed by atoms with E-state index in [-0.39, 0.29) is 11.7 Å². The minimum Gasteiger partial charge on any atom is -0.353 e. The van der Waals surface area contributed by atoms with Crippen LogP contribution in [-0.2, 0) is 4.79 Å². The molecule has 0 unspecified atom stereocenters. The molecule has 0 saturated heterocycles. The van der Waals surface area contributed by atoms with Gasteiger partial charge in [0.15, 0.2) is 5.65 Å². The highest BCUT2D eigenvalue weighted by molar-refractivity contribution is 6.00. The van der Waals surface area contributed by atoms with Crippen LogP contribution < -0.4 is 5.32 Å². The lowest BCUT2D eigenvalue weighted by Crippen LogP contribution is -2.18. The van der Waals surface area contributed by atoms with Crippen molar-refractivity contribution in [1.82, 2.24) is 30.1 Å². The maximum Gasteiger partial charge on any atom is 0.224 e. The van der Waals surface area contributed by atoms with E-state index in [9.17, 15) is 9.18 Å². The molecule has 3 N–H and O–H groups in total. The van der Waals surface area contributed by atoms with Gasteiger partial charge in [0.25, 0.3) is 0 Å². The number of carbonyl (C=O) groups is 1. The molecule has 5 aromatic heterocycles. The molecule has 0 atom stereocenters. The predicted octanol–water partition coefficient (Wildman–Crippen LogP) is 7.59. The summed E-state index contributed by atoms with van der Waals surface area (Å²) in [6.07, 6.45) is 13.4.